The lowest BCUT2D eigenvalue weighted by atomic mass is 10.1. The van der Waals surface area contributed by atoms with Gasteiger partial charge in [0.05, 0.1) is 96.1 Å². The predicted molar refractivity (Wildman–Crippen MR) is 147 cm³/mol. The largest absolute Gasteiger partial charge is 0.460 e. The van der Waals surface area contributed by atoms with Gasteiger partial charge in [0.2, 0.25) is 0 Å². The number of hydrogen-bond acceptors (Lipinski definition) is 9. The fraction of sp³-hybridized carbons (Fsp3) is 0.483. The maximum atomic E-state index is 13.0. The van der Waals surface area contributed by atoms with E-state index >= 15 is 0 Å². The third kappa shape index (κ3) is 15.5. The fourth-order valence-corrected chi connectivity index (χ4v) is 3.24. The smallest absolute Gasteiger partial charge is 0.416 e. The van der Waals surface area contributed by atoms with Crippen LogP contribution in [0.5, 0.6) is 0 Å². The van der Waals surface area contributed by atoms with Crippen molar-refractivity contribution in [3.8, 4) is 0 Å². The summed E-state index contributed by atoms with van der Waals surface area (Å²) in [5.74, 6) is -0.623. The molecule has 1 N–H and O–H groups in total. The van der Waals surface area contributed by atoms with Crippen LogP contribution in [-0.2, 0) is 39.3 Å². The Morgan fingerprint density at radius 1 is 0.707 bits per heavy atom. The van der Waals surface area contributed by atoms with Crippen molar-refractivity contribution in [2.75, 3.05) is 91.2 Å². The van der Waals surface area contributed by atoms with Crippen LogP contribution in [0.4, 0.5) is 24.5 Å². The lowest BCUT2D eigenvalue weighted by molar-refractivity contribution is -0.137. The summed E-state index contributed by atoms with van der Waals surface area (Å²) in [6.45, 7) is 8.67. The van der Waals surface area contributed by atoms with Gasteiger partial charge in [-0.05, 0) is 30.3 Å². The molecule has 41 heavy (non-hydrogen) atoms. The van der Waals surface area contributed by atoms with E-state index in [1.54, 1.807) is 24.3 Å². The van der Waals surface area contributed by atoms with Crippen LogP contribution in [0.1, 0.15) is 15.9 Å². The highest BCUT2D eigenvalue weighted by Crippen LogP contribution is 2.32. The normalized spacial score (nSPS) is 11.4. The summed E-state index contributed by atoms with van der Waals surface area (Å²) in [5.41, 5.74) is -0.0714. The van der Waals surface area contributed by atoms with Crippen LogP contribution < -0.4 is 5.32 Å². The molecule has 0 unspecified atom stereocenters. The standard InChI is InChI=1S/C29H38F3NO8/c1-2-10-35-11-12-36-13-14-37-15-16-38-17-18-39-19-20-40-21-22-41-28(34)26-8-3-4-9-27(26)33-25-7-5-6-24(23-25)29(30,31)32/h2-9,23,33H,1,10-22H2. The van der Waals surface area contributed by atoms with E-state index in [4.69, 9.17) is 33.2 Å². The highest BCUT2D eigenvalue weighted by Gasteiger charge is 2.30. The average molecular weight is 586 g/mol. The van der Waals surface area contributed by atoms with Crippen LogP contribution in [-0.4, -0.2) is 91.9 Å². The fourth-order valence-electron chi connectivity index (χ4n) is 3.24. The van der Waals surface area contributed by atoms with Crippen LogP contribution in [0.2, 0.25) is 0 Å². The molecule has 9 nitrogen and oxygen atoms in total. The van der Waals surface area contributed by atoms with Gasteiger partial charge in [0, 0.05) is 5.69 Å². The van der Waals surface area contributed by atoms with Gasteiger partial charge in [-0.2, -0.15) is 13.2 Å². The molecule has 12 heteroatoms. The molecule has 0 aliphatic heterocycles. The van der Waals surface area contributed by atoms with E-state index < -0.39 is 17.7 Å². The Bertz CT molecular complexity index is 1010. The van der Waals surface area contributed by atoms with Crippen molar-refractivity contribution in [3.63, 3.8) is 0 Å². The zero-order chi connectivity index (χ0) is 29.6. The van der Waals surface area contributed by atoms with Gasteiger partial charge in [0.25, 0.3) is 0 Å². The highest BCUT2D eigenvalue weighted by molar-refractivity contribution is 5.96. The van der Waals surface area contributed by atoms with Gasteiger partial charge in [0.15, 0.2) is 0 Å². The first-order valence-corrected chi connectivity index (χ1v) is 13.2. The summed E-state index contributed by atoms with van der Waals surface area (Å²) in [5, 5.41) is 2.85. The van der Waals surface area contributed by atoms with Crippen LogP contribution in [0.25, 0.3) is 0 Å². The molecule has 0 spiro atoms. The van der Waals surface area contributed by atoms with Crippen molar-refractivity contribution in [3.05, 3.63) is 72.3 Å². The first-order valence-electron chi connectivity index (χ1n) is 13.2. The van der Waals surface area contributed by atoms with Crippen molar-refractivity contribution in [2.24, 2.45) is 0 Å². The van der Waals surface area contributed by atoms with Crippen molar-refractivity contribution < 1.29 is 51.1 Å². The topological polar surface area (TPSA) is 93.7 Å². The predicted octanol–water partition coefficient (Wildman–Crippen LogP) is 4.89. The number of para-hydroxylation sites is 1. The molecule has 0 radical (unpaired) electrons. The highest BCUT2D eigenvalue weighted by atomic mass is 19.4. The van der Waals surface area contributed by atoms with Crippen molar-refractivity contribution >= 4 is 17.3 Å². The number of carbonyl (C=O) groups excluding carboxylic acids is 1. The van der Waals surface area contributed by atoms with Gasteiger partial charge in [-0.1, -0.05) is 24.3 Å². The second kappa shape index (κ2) is 20.8. The van der Waals surface area contributed by atoms with Gasteiger partial charge in [0.1, 0.15) is 6.61 Å². The lowest BCUT2D eigenvalue weighted by Crippen LogP contribution is -2.15. The molecular formula is C29H38F3NO8. The molecule has 2 aromatic carbocycles. The van der Waals surface area contributed by atoms with E-state index in [9.17, 15) is 18.0 Å². The maximum Gasteiger partial charge on any atom is 0.416 e. The van der Waals surface area contributed by atoms with Crippen molar-refractivity contribution in [1.29, 1.82) is 0 Å². The number of nitrogens with one attached hydrogen (secondary N) is 1. The molecule has 2 aromatic rings. The number of ether oxygens (including phenoxy) is 7. The molecule has 0 amide bonds. The molecule has 0 aromatic heterocycles. The Balaban J connectivity index is 1.48. The second-order valence-corrected chi connectivity index (χ2v) is 8.31. The average Bonchev–Trinajstić information content (AvgIpc) is 2.96. The number of carbonyl (C=O) groups is 1. The van der Waals surface area contributed by atoms with E-state index in [0.717, 1.165) is 12.1 Å². The summed E-state index contributed by atoms with van der Waals surface area (Å²) < 4.78 is 76.4. The SMILES string of the molecule is C=CCOCCOCCOCCOCCOCCOCCOC(=O)c1ccccc1Nc1cccc(C(F)(F)F)c1. The van der Waals surface area contributed by atoms with Crippen molar-refractivity contribution in [1.82, 2.24) is 0 Å². The first kappa shape index (κ1) is 34.2. The molecule has 0 atom stereocenters. The number of hydrogen-bond donors (Lipinski definition) is 1. The van der Waals surface area contributed by atoms with Gasteiger partial charge >= 0.3 is 12.1 Å². The molecule has 0 saturated heterocycles. The lowest BCUT2D eigenvalue weighted by Gasteiger charge is -2.13. The Labute approximate surface area is 238 Å². The van der Waals surface area contributed by atoms with Gasteiger partial charge in [-0.15, -0.1) is 6.58 Å². The van der Waals surface area contributed by atoms with E-state index in [1.165, 1.54) is 18.2 Å². The van der Waals surface area contributed by atoms with Gasteiger partial charge in [-0.25, -0.2) is 4.79 Å². The molecule has 2 rings (SSSR count). The van der Waals surface area contributed by atoms with Crippen LogP contribution in [0, 0.1) is 0 Å². The number of benzene rings is 2. The Hall–Kier alpha value is -3.00. The molecule has 0 fully saturated rings. The summed E-state index contributed by atoms with van der Waals surface area (Å²) in [4.78, 5) is 12.5. The van der Waals surface area contributed by atoms with Crippen molar-refractivity contribution in [2.45, 2.75) is 6.18 Å². The zero-order valence-electron chi connectivity index (χ0n) is 23.0. The number of esters is 1. The van der Waals surface area contributed by atoms with E-state index in [1.807, 2.05) is 0 Å². The second-order valence-electron chi connectivity index (χ2n) is 8.31. The van der Waals surface area contributed by atoms with E-state index in [-0.39, 0.29) is 24.5 Å². The van der Waals surface area contributed by atoms with E-state index in [0.29, 0.717) is 78.4 Å². The third-order valence-corrected chi connectivity index (χ3v) is 5.17. The Kier molecular flexibility index (Phi) is 17.4. The molecule has 0 aliphatic rings. The molecule has 228 valence electrons. The Morgan fingerprint density at radius 3 is 1.76 bits per heavy atom. The maximum absolute atomic E-state index is 13.0. The van der Waals surface area contributed by atoms with Gasteiger partial charge in [-0.3, -0.25) is 0 Å². The molecular weight excluding hydrogens is 547 g/mol. The summed E-state index contributed by atoms with van der Waals surface area (Å²) in [7, 11) is 0. The minimum atomic E-state index is -4.47. The third-order valence-electron chi connectivity index (χ3n) is 5.17. The quantitative estimate of drug-likeness (QED) is 0.111. The number of halogens is 3. The Morgan fingerprint density at radius 2 is 1.22 bits per heavy atom. The molecule has 0 saturated carbocycles. The zero-order valence-corrected chi connectivity index (χ0v) is 23.0. The van der Waals surface area contributed by atoms with Crippen LogP contribution in [0.15, 0.2) is 61.2 Å². The summed E-state index contributed by atoms with van der Waals surface area (Å²) in [6, 6.07) is 11.1. The summed E-state index contributed by atoms with van der Waals surface area (Å²) in [6.07, 6.45) is -2.78. The number of rotatable bonds is 23. The molecule has 0 bridgehead atoms. The van der Waals surface area contributed by atoms with E-state index in [2.05, 4.69) is 11.9 Å². The van der Waals surface area contributed by atoms with Crippen LogP contribution >= 0.6 is 0 Å². The first-order chi connectivity index (χ1) is 19.9. The number of anilines is 2. The minimum absolute atomic E-state index is 0.00790. The van der Waals surface area contributed by atoms with Crippen LogP contribution in [0.3, 0.4) is 0 Å². The minimum Gasteiger partial charge on any atom is -0.460 e. The molecule has 0 aliphatic carbocycles. The summed E-state index contributed by atoms with van der Waals surface area (Å²) >= 11 is 0. The monoisotopic (exact) mass is 585 g/mol. The molecule has 0 heterocycles. The van der Waals surface area contributed by atoms with Gasteiger partial charge < -0.3 is 38.5 Å². The number of alkyl halides is 3.